The fourth-order valence-corrected chi connectivity index (χ4v) is 3.25. The summed E-state index contributed by atoms with van der Waals surface area (Å²) in [5.74, 6) is 0.402. The molecule has 1 amide bonds. The molecule has 4 aromatic rings. The van der Waals surface area contributed by atoms with Crippen molar-refractivity contribution in [3.8, 4) is 11.5 Å². The summed E-state index contributed by atoms with van der Waals surface area (Å²) in [6, 6.07) is 27.6. The molecule has 0 aliphatic rings. The molecule has 1 heterocycles. The predicted molar refractivity (Wildman–Crippen MR) is 132 cm³/mol. The van der Waals surface area contributed by atoms with E-state index in [9.17, 15) is 9.59 Å². The fraction of sp³-hybridized carbons (Fsp3) is 0.107. The zero-order valence-corrected chi connectivity index (χ0v) is 19.1. The van der Waals surface area contributed by atoms with Gasteiger partial charge in [-0.05, 0) is 35.4 Å². The molecule has 0 saturated heterocycles. The van der Waals surface area contributed by atoms with Crippen molar-refractivity contribution in [2.75, 3.05) is 12.4 Å². The maximum Gasteiger partial charge on any atom is 0.339 e. The molecule has 35 heavy (non-hydrogen) atoms. The second-order valence-corrected chi connectivity index (χ2v) is 7.62. The summed E-state index contributed by atoms with van der Waals surface area (Å²) >= 11 is 0. The number of anilines is 1. The van der Waals surface area contributed by atoms with E-state index in [0.29, 0.717) is 41.7 Å². The van der Waals surface area contributed by atoms with E-state index in [1.165, 1.54) is 25.4 Å². The Hall–Kier alpha value is -4.65. The number of aromatic nitrogens is 1. The van der Waals surface area contributed by atoms with E-state index in [-0.39, 0.29) is 0 Å². The van der Waals surface area contributed by atoms with Gasteiger partial charge in [0.25, 0.3) is 5.91 Å². The number of rotatable bonds is 9. The van der Waals surface area contributed by atoms with Gasteiger partial charge in [-0.25, -0.2) is 9.78 Å². The normalized spacial score (nSPS) is 10.3. The van der Waals surface area contributed by atoms with Gasteiger partial charge in [0.05, 0.1) is 12.7 Å². The number of benzene rings is 3. The molecule has 0 radical (unpaired) electrons. The third-order valence-corrected chi connectivity index (χ3v) is 5.07. The standard InChI is InChI=1S/C28H24N2O5/c1-33-28(32)22-12-13-26(29-17-22)30-27(31)23-14-24(34-18-20-8-4-2-5-9-20)16-25(15-23)35-19-21-10-6-3-7-11-21/h2-17H,18-19H2,1H3,(H,29,30,31). The van der Waals surface area contributed by atoms with Crippen molar-refractivity contribution < 1.29 is 23.8 Å². The summed E-state index contributed by atoms with van der Waals surface area (Å²) in [7, 11) is 1.29. The van der Waals surface area contributed by atoms with Gasteiger partial charge in [-0.2, -0.15) is 0 Å². The Balaban J connectivity index is 1.52. The molecular formula is C28H24N2O5. The largest absolute Gasteiger partial charge is 0.489 e. The van der Waals surface area contributed by atoms with Gasteiger partial charge in [0.1, 0.15) is 30.5 Å². The molecule has 0 unspecified atom stereocenters. The molecule has 1 N–H and O–H groups in total. The summed E-state index contributed by atoms with van der Waals surface area (Å²) in [4.78, 5) is 28.7. The van der Waals surface area contributed by atoms with Gasteiger partial charge in [-0.1, -0.05) is 60.7 Å². The van der Waals surface area contributed by atoms with E-state index >= 15 is 0 Å². The predicted octanol–water partition coefficient (Wildman–Crippen LogP) is 5.28. The van der Waals surface area contributed by atoms with Crippen LogP contribution in [0.4, 0.5) is 5.82 Å². The van der Waals surface area contributed by atoms with Crippen LogP contribution in [0.25, 0.3) is 0 Å². The highest BCUT2D eigenvalue weighted by atomic mass is 16.5. The lowest BCUT2D eigenvalue weighted by Gasteiger charge is -2.13. The van der Waals surface area contributed by atoms with Crippen molar-refractivity contribution >= 4 is 17.7 Å². The maximum atomic E-state index is 13.0. The van der Waals surface area contributed by atoms with E-state index in [1.807, 2.05) is 60.7 Å². The molecule has 0 bridgehead atoms. The Labute approximate surface area is 203 Å². The van der Waals surface area contributed by atoms with Crippen molar-refractivity contribution in [2.24, 2.45) is 0 Å². The topological polar surface area (TPSA) is 86.8 Å². The molecule has 0 aliphatic heterocycles. The molecule has 0 aliphatic carbocycles. The Morgan fingerprint density at radius 2 is 1.31 bits per heavy atom. The summed E-state index contributed by atoms with van der Waals surface area (Å²) in [6.07, 6.45) is 1.34. The van der Waals surface area contributed by atoms with Crippen molar-refractivity contribution in [1.29, 1.82) is 0 Å². The van der Waals surface area contributed by atoms with E-state index in [1.54, 1.807) is 18.2 Å². The van der Waals surface area contributed by atoms with Crippen LogP contribution in [-0.2, 0) is 18.0 Å². The third kappa shape index (κ3) is 6.68. The SMILES string of the molecule is COC(=O)c1ccc(NC(=O)c2cc(OCc3ccccc3)cc(OCc3ccccc3)c2)nc1. The summed E-state index contributed by atoms with van der Waals surface area (Å²) in [5.41, 5.74) is 2.64. The van der Waals surface area contributed by atoms with Crippen molar-refractivity contribution in [3.63, 3.8) is 0 Å². The van der Waals surface area contributed by atoms with Crippen molar-refractivity contribution in [1.82, 2.24) is 4.98 Å². The van der Waals surface area contributed by atoms with Crippen LogP contribution in [0.5, 0.6) is 11.5 Å². The summed E-state index contributed by atoms with van der Waals surface area (Å²) in [5, 5.41) is 2.73. The van der Waals surface area contributed by atoms with Crippen LogP contribution in [0.2, 0.25) is 0 Å². The minimum Gasteiger partial charge on any atom is -0.489 e. The average molecular weight is 469 g/mol. The second kappa shape index (κ2) is 11.5. The number of esters is 1. The molecule has 3 aromatic carbocycles. The second-order valence-electron chi connectivity index (χ2n) is 7.62. The monoisotopic (exact) mass is 468 g/mol. The summed E-state index contributed by atoms with van der Waals surface area (Å²) < 4.78 is 16.6. The number of ether oxygens (including phenoxy) is 3. The minimum atomic E-state index is -0.501. The molecule has 4 rings (SSSR count). The van der Waals surface area contributed by atoms with Gasteiger partial charge in [0.2, 0.25) is 0 Å². The zero-order valence-electron chi connectivity index (χ0n) is 19.1. The van der Waals surface area contributed by atoms with Gasteiger partial charge in [-0.15, -0.1) is 0 Å². The highest BCUT2D eigenvalue weighted by Gasteiger charge is 2.13. The summed E-state index contributed by atoms with van der Waals surface area (Å²) in [6.45, 7) is 0.696. The lowest BCUT2D eigenvalue weighted by Crippen LogP contribution is -2.14. The van der Waals surface area contributed by atoms with Gasteiger partial charge in [0.15, 0.2) is 0 Å². The lowest BCUT2D eigenvalue weighted by atomic mass is 10.1. The van der Waals surface area contributed by atoms with E-state index < -0.39 is 11.9 Å². The Kier molecular flexibility index (Phi) is 7.70. The number of methoxy groups -OCH3 is 1. The van der Waals surface area contributed by atoms with Crippen LogP contribution in [0, 0.1) is 0 Å². The van der Waals surface area contributed by atoms with Crippen LogP contribution >= 0.6 is 0 Å². The van der Waals surface area contributed by atoms with Gasteiger partial charge in [-0.3, -0.25) is 4.79 Å². The highest BCUT2D eigenvalue weighted by Crippen LogP contribution is 2.25. The Morgan fingerprint density at radius 1 is 0.743 bits per heavy atom. The van der Waals surface area contributed by atoms with Crippen LogP contribution in [0.1, 0.15) is 31.8 Å². The maximum absolute atomic E-state index is 13.0. The van der Waals surface area contributed by atoms with Crippen LogP contribution < -0.4 is 14.8 Å². The molecule has 176 valence electrons. The number of amides is 1. The fourth-order valence-electron chi connectivity index (χ4n) is 3.25. The number of pyridine rings is 1. The number of nitrogens with zero attached hydrogens (tertiary/aromatic N) is 1. The molecule has 0 spiro atoms. The van der Waals surface area contributed by atoms with Crippen molar-refractivity contribution in [2.45, 2.75) is 13.2 Å². The molecule has 7 nitrogen and oxygen atoms in total. The number of hydrogen-bond acceptors (Lipinski definition) is 6. The van der Waals surface area contributed by atoms with E-state index in [4.69, 9.17) is 9.47 Å². The Morgan fingerprint density at radius 3 is 1.80 bits per heavy atom. The van der Waals surface area contributed by atoms with Gasteiger partial charge < -0.3 is 19.5 Å². The molecule has 0 atom stereocenters. The molecule has 1 aromatic heterocycles. The van der Waals surface area contributed by atoms with Crippen molar-refractivity contribution in [3.05, 3.63) is 119 Å². The number of hydrogen-bond donors (Lipinski definition) is 1. The molecule has 0 saturated carbocycles. The van der Waals surface area contributed by atoms with Crippen LogP contribution in [0.15, 0.2) is 97.2 Å². The Bertz CT molecular complexity index is 1210. The minimum absolute atomic E-state index is 0.290. The van der Waals surface area contributed by atoms with E-state index in [0.717, 1.165) is 11.1 Å². The molecular weight excluding hydrogens is 444 g/mol. The zero-order chi connectivity index (χ0) is 24.5. The molecule has 7 heteroatoms. The molecule has 0 fully saturated rings. The first-order valence-electron chi connectivity index (χ1n) is 10.9. The van der Waals surface area contributed by atoms with Crippen LogP contribution in [0.3, 0.4) is 0 Å². The van der Waals surface area contributed by atoms with E-state index in [2.05, 4.69) is 15.0 Å². The van der Waals surface area contributed by atoms with Gasteiger partial charge in [0, 0.05) is 17.8 Å². The quantitative estimate of drug-likeness (QED) is 0.337. The third-order valence-electron chi connectivity index (χ3n) is 5.07. The lowest BCUT2D eigenvalue weighted by molar-refractivity contribution is 0.0600. The first-order valence-corrected chi connectivity index (χ1v) is 10.9. The smallest absolute Gasteiger partial charge is 0.339 e. The number of carbonyl (C=O) groups excluding carboxylic acids is 2. The first kappa shape index (κ1) is 23.5. The number of carbonyl (C=O) groups is 2. The average Bonchev–Trinajstić information content (AvgIpc) is 2.92. The number of nitrogens with one attached hydrogen (secondary N) is 1. The van der Waals surface area contributed by atoms with Crippen LogP contribution in [-0.4, -0.2) is 24.0 Å². The van der Waals surface area contributed by atoms with Gasteiger partial charge >= 0.3 is 5.97 Å². The first-order chi connectivity index (χ1) is 17.1. The highest BCUT2D eigenvalue weighted by molar-refractivity contribution is 6.04.